The summed E-state index contributed by atoms with van der Waals surface area (Å²) in [5, 5.41) is 3.11. The fourth-order valence-corrected chi connectivity index (χ4v) is 4.82. The Morgan fingerprint density at radius 3 is 2.83 bits per heavy atom. The van der Waals surface area contributed by atoms with Crippen LogP contribution in [0.3, 0.4) is 0 Å². The van der Waals surface area contributed by atoms with Gasteiger partial charge in [0.15, 0.2) is 0 Å². The molecular formula is C19H30N2OS. The first-order valence-corrected chi connectivity index (χ1v) is 10.1. The number of amides is 1. The number of fused-ring (bicyclic) bond motifs is 1. The van der Waals surface area contributed by atoms with Gasteiger partial charge in [0.2, 0.25) is 0 Å². The monoisotopic (exact) mass is 334 g/mol. The lowest BCUT2D eigenvalue weighted by molar-refractivity contribution is 0.0954. The number of hydrogen-bond acceptors (Lipinski definition) is 3. The fraction of sp³-hybridized carbons (Fsp3) is 0.737. The third kappa shape index (κ3) is 4.57. The second kappa shape index (κ2) is 7.80. The van der Waals surface area contributed by atoms with Gasteiger partial charge in [-0.25, -0.2) is 0 Å². The number of piperidine rings is 1. The molecule has 4 heteroatoms. The van der Waals surface area contributed by atoms with Crippen molar-refractivity contribution in [1.82, 2.24) is 10.2 Å². The molecule has 2 aliphatic rings. The van der Waals surface area contributed by atoms with Crippen LogP contribution in [0.4, 0.5) is 0 Å². The summed E-state index contributed by atoms with van der Waals surface area (Å²) >= 11 is 1.71. The normalized spacial score (nSPS) is 22.8. The maximum atomic E-state index is 12.3. The predicted molar refractivity (Wildman–Crippen MR) is 97.3 cm³/mol. The third-order valence-electron chi connectivity index (χ3n) is 5.37. The van der Waals surface area contributed by atoms with E-state index in [1.54, 1.807) is 11.3 Å². The molecule has 128 valence electrons. The maximum Gasteiger partial charge on any atom is 0.261 e. The Morgan fingerprint density at radius 2 is 2.04 bits per heavy atom. The molecule has 1 amide bonds. The molecule has 23 heavy (non-hydrogen) atoms. The third-order valence-corrected chi connectivity index (χ3v) is 6.60. The first kappa shape index (κ1) is 17.0. The standard InChI is InChI=1S/C19H30N2OS/c1-14-6-10-21(11-7-14)9-3-8-20-19(22)18-13-16-12-15(2)4-5-17(16)23-18/h13-15H,3-12H2,1-2H3,(H,20,22). The molecular weight excluding hydrogens is 304 g/mol. The van der Waals surface area contributed by atoms with E-state index in [1.165, 1.54) is 42.8 Å². The lowest BCUT2D eigenvalue weighted by atomic mass is 9.90. The van der Waals surface area contributed by atoms with Crippen LogP contribution in [0.15, 0.2) is 6.07 Å². The SMILES string of the molecule is CC1CCN(CCCNC(=O)c2cc3c(s2)CCC(C)C3)CC1. The molecule has 0 saturated carbocycles. The lowest BCUT2D eigenvalue weighted by Crippen LogP contribution is -2.35. The van der Waals surface area contributed by atoms with Crippen LogP contribution < -0.4 is 5.32 Å². The highest BCUT2D eigenvalue weighted by molar-refractivity contribution is 7.14. The Hall–Kier alpha value is -0.870. The molecule has 1 unspecified atom stereocenters. The zero-order chi connectivity index (χ0) is 16.2. The van der Waals surface area contributed by atoms with Gasteiger partial charge in [0.1, 0.15) is 0 Å². The summed E-state index contributed by atoms with van der Waals surface area (Å²) in [6.45, 7) is 9.02. The van der Waals surface area contributed by atoms with E-state index in [9.17, 15) is 4.79 Å². The summed E-state index contributed by atoms with van der Waals surface area (Å²) in [6, 6.07) is 2.14. The Labute approximate surface area is 144 Å². The van der Waals surface area contributed by atoms with Crippen LogP contribution in [0.5, 0.6) is 0 Å². The average Bonchev–Trinajstić information content (AvgIpc) is 2.96. The minimum absolute atomic E-state index is 0.129. The van der Waals surface area contributed by atoms with Gasteiger partial charge in [0, 0.05) is 11.4 Å². The van der Waals surface area contributed by atoms with Crippen molar-refractivity contribution < 1.29 is 4.79 Å². The van der Waals surface area contributed by atoms with E-state index < -0.39 is 0 Å². The highest BCUT2D eigenvalue weighted by Gasteiger charge is 2.20. The molecule has 3 nitrogen and oxygen atoms in total. The van der Waals surface area contributed by atoms with Crippen molar-refractivity contribution in [1.29, 1.82) is 0 Å². The molecule has 0 aromatic carbocycles. The summed E-state index contributed by atoms with van der Waals surface area (Å²) in [6.07, 6.45) is 7.27. The molecule has 0 radical (unpaired) electrons. The maximum absolute atomic E-state index is 12.3. The summed E-state index contributed by atoms with van der Waals surface area (Å²) in [5.74, 6) is 1.78. The zero-order valence-electron chi connectivity index (χ0n) is 14.6. The van der Waals surface area contributed by atoms with Crippen molar-refractivity contribution in [3.05, 3.63) is 21.4 Å². The minimum atomic E-state index is 0.129. The predicted octanol–water partition coefficient (Wildman–Crippen LogP) is 3.72. The number of carbonyl (C=O) groups is 1. The summed E-state index contributed by atoms with van der Waals surface area (Å²) in [4.78, 5) is 17.2. The highest BCUT2D eigenvalue weighted by atomic mass is 32.1. The molecule has 2 heterocycles. The van der Waals surface area contributed by atoms with Crippen LogP contribution in [0.1, 0.15) is 59.6 Å². The van der Waals surface area contributed by atoms with Gasteiger partial charge in [-0.05, 0) is 81.6 Å². The molecule has 1 N–H and O–H groups in total. The van der Waals surface area contributed by atoms with Gasteiger partial charge in [-0.2, -0.15) is 0 Å². The number of hydrogen-bond donors (Lipinski definition) is 1. The number of rotatable bonds is 5. The quantitative estimate of drug-likeness (QED) is 0.832. The van der Waals surface area contributed by atoms with Crippen molar-refractivity contribution in [3.63, 3.8) is 0 Å². The highest BCUT2D eigenvalue weighted by Crippen LogP contribution is 2.32. The second-order valence-corrected chi connectivity index (χ2v) is 8.68. The molecule has 1 saturated heterocycles. The summed E-state index contributed by atoms with van der Waals surface area (Å²) in [7, 11) is 0. The van der Waals surface area contributed by atoms with E-state index in [1.807, 2.05) is 0 Å². The molecule has 1 fully saturated rings. The van der Waals surface area contributed by atoms with Gasteiger partial charge in [0.25, 0.3) is 5.91 Å². The average molecular weight is 335 g/mol. The largest absolute Gasteiger partial charge is 0.351 e. The molecule has 0 spiro atoms. The van der Waals surface area contributed by atoms with Crippen molar-refractivity contribution in [2.75, 3.05) is 26.2 Å². The lowest BCUT2D eigenvalue weighted by Gasteiger charge is -2.30. The van der Waals surface area contributed by atoms with Gasteiger partial charge in [-0.3, -0.25) is 4.79 Å². The number of nitrogens with zero attached hydrogens (tertiary/aromatic N) is 1. The molecule has 1 aromatic rings. The zero-order valence-corrected chi connectivity index (χ0v) is 15.4. The number of likely N-dealkylation sites (tertiary alicyclic amines) is 1. The molecule has 0 bridgehead atoms. The van der Waals surface area contributed by atoms with Gasteiger partial charge in [-0.15, -0.1) is 11.3 Å². The molecule has 1 aromatic heterocycles. The Kier molecular flexibility index (Phi) is 5.76. The number of nitrogens with one attached hydrogen (secondary N) is 1. The van der Waals surface area contributed by atoms with Crippen molar-refractivity contribution in [2.24, 2.45) is 11.8 Å². The van der Waals surface area contributed by atoms with Gasteiger partial charge >= 0.3 is 0 Å². The van der Waals surface area contributed by atoms with Gasteiger partial charge in [0.05, 0.1) is 4.88 Å². The van der Waals surface area contributed by atoms with E-state index in [0.29, 0.717) is 0 Å². The molecule has 1 aliphatic carbocycles. The van der Waals surface area contributed by atoms with Crippen molar-refractivity contribution in [2.45, 2.75) is 52.4 Å². The molecule has 1 aliphatic heterocycles. The first-order valence-electron chi connectivity index (χ1n) is 9.24. The van der Waals surface area contributed by atoms with Crippen LogP contribution in [-0.4, -0.2) is 37.0 Å². The minimum Gasteiger partial charge on any atom is -0.351 e. The summed E-state index contributed by atoms with van der Waals surface area (Å²) in [5.41, 5.74) is 1.42. The summed E-state index contributed by atoms with van der Waals surface area (Å²) < 4.78 is 0. The van der Waals surface area contributed by atoms with E-state index in [0.717, 1.165) is 49.1 Å². The topological polar surface area (TPSA) is 32.3 Å². The van der Waals surface area contributed by atoms with E-state index in [2.05, 4.69) is 30.1 Å². The molecule has 1 atom stereocenters. The Balaban J connectivity index is 1.40. The van der Waals surface area contributed by atoms with E-state index >= 15 is 0 Å². The fourth-order valence-electron chi connectivity index (χ4n) is 3.70. The van der Waals surface area contributed by atoms with Crippen LogP contribution in [0.25, 0.3) is 0 Å². The Morgan fingerprint density at radius 1 is 1.26 bits per heavy atom. The van der Waals surface area contributed by atoms with Gasteiger partial charge in [-0.1, -0.05) is 13.8 Å². The molecule has 3 rings (SSSR count). The number of carbonyl (C=O) groups excluding carboxylic acids is 1. The second-order valence-electron chi connectivity index (χ2n) is 7.54. The van der Waals surface area contributed by atoms with E-state index in [4.69, 9.17) is 0 Å². The van der Waals surface area contributed by atoms with Gasteiger partial charge < -0.3 is 10.2 Å². The van der Waals surface area contributed by atoms with Crippen molar-refractivity contribution >= 4 is 17.2 Å². The number of thiophene rings is 1. The number of aryl methyl sites for hydroxylation is 1. The van der Waals surface area contributed by atoms with Crippen LogP contribution in [0, 0.1) is 11.8 Å². The smallest absolute Gasteiger partial charge is 0.261 e. The van der Waals surface area contributed by atoms with Crippen molar-refractivity contribution in [3.8, 4) is 0 Å². The first-order chi connectivity index (χ1) is 11.1. The van der Waals surface area contributed by atoms with E-state index in [-0.39, 0.29) is 5.91 Å². The van der Waals surface area contributed by atoms with Crippen LogP contribution in [-0.2, 0) is 12.8 Å². The van der Waals surface area contributed by atoms with Crippen LogP contribution >= 0.6 is 11.3 Å². The Bertz CT molecular complexity index is 531. The van der Waals surface area contributed by atoms with Crippen LogP contribution in [0.2, 0.25) is 0 Å².